The Labute approximate surface area is 58.4 Å². The third kappa shape index (κ3) is 3.13. The minimum atomic E-state index is -0.953. The molecule has 0 aliphatic carbocycles. The van der Waals surface area contributed by atoms with E-state index in [1.807, 2.05) is 0 Å². The Balaban J connectivity index is 3.60. The van der Waals surface area contributed by atoms with Crippen molar-refractivity contribution in [2.24, 2.45) is 5.18 Å². The van der Waals surface area contributed by atoms with E-state index in [4.69, 9.17) is 5.11 Å². The molecule has 0 aromatic carbocycles. The number of hydrogen-bond acceptors (Lipinski definition) is 4. The van der Waals surface area contributed by atoms with Gasteiger partial charge in [-0.3, -0.25) is 10.1 Å². The lowest BCUT2D eigenvalue weighted by Crippen LogP contribution is -2.35. The van der Waals surface area contributed by atoms with Crippen molar-refractivity contribution in [2.75, 3.05) is 6.67 Å². The maximum Gasteiger partial charge on any atom is 0.320 e. The van der Waals surface area contributed by atoms with Gasteiger partial charge in [-0.1, -0.05) is 12.1 Å². The fourth-order valence-corrected chi connectivity index (χ4v) is 0.554. The van der Waals surface area contributed by atoms with E-state index < -0.39 is 12.0 Å². The molecule has 1 atom stereocenters. The molecule has 0 amide bonds. The van der Waals surface area contributed by atoms with Crippen LogP contribution in [0.2, 0.25) is 0 Å². The molecule has 0 radical (unpaired) electrons. The van der Waals surface area contributed by atoms with Crippen molar-refractivity contribution in [3.8, 4) is 0 Å². The molecule has 0 aliphatic rings. The topological polar surface area (TPSA) is 78.8 Å². The second-order valence-electron chi connectivity index (χ2n) is 1.79. The van der Waals surface area contributed by atoms with Crippen LogP contribution in [0.25, 0.3) is 0 Å². The summed E-state index contributed by atoms with van der Waals surface area (Å²) in [6.45, 7) is 1.57. The van der Waals surface area contributed by atoms with E-state index in [1.165, 1.54) is 0 Å². The summed E-state index contributed by atoms with van der Waals surface area (Å²) in [5.41, 5.74) is 0. The van der Waals surface area contributed by atoms with Crippen LogP contribution in [0.1, 0.15) is 13.3 Å². The van der Waals surface area contributed by atoms with Gasteiger partial charge >= 0.3 is 5.97 Å². The average molecular weight is 146 g/mol. The second-order valence-corrected chi connectivity index (χ2v) is 1.79. The summed E-state index contributed by atoms with van der Waals surface area (Å²) in [7, 11) is 0. The second kappa shape index (κ2) is 4.87. The molecule has 0 aromatic rings. The van der Waals surface area contributed by atoms with E-state index >= 15 is 0 Å². The van der Waals surface area contributed by atoms with Gasteiger partial charge in [-0.25, -0.2) is 0 Å². The zero-order chi connectivity index (χ0) is 7.98. The lowest BCUT2D eigenvalue weighted by Gasteiger charge is -2.07. The third-order valence-electron chi connectivity index (χ3n) is 1.11. The standard InChI is InChI=1S/C5H10N2O3/c1-2-4(5(8)9)6-3-7-10/h4,6H,2-3H2,1H3,(H,8,9). The zero-order valence-electron chi connectivity index (χ0n) is 5.70. The molecule has 0 aliphatic heterocycles. The number of rotatable bonds is 5. The molecule has 0 rings (SSSR count). The highest BCUT2D eigenvalue weighted by molar-refractivity contribution is 5.73. The largest absolute Gasteiger partial charge is 0.480 e. The van der Waals surface area contributed by atoms with E-state index in [1.54, 1.807) is 6.92 Å². The molecule has 58 valence electrons. The molecule has 0 saturated heterocycles. The summed E-state index contributed by atoms with van der Waals surface area (Å²) in [4.78, 5) is 19.8. The summed E-state index contributed by atoms with van der Waals surface area (Å²) in [6, 6.07) is -0.655. The predicted molar refractivity (Wildman–Crippen MR) is 35.5 cm³/mol. The third-order valence-corrected chi connectivity index (χ3v) is 1.11. The highest BCUT2D eigenvalue weighted by Gasteiger charge is 2.12. The fourth-order valence-electron chi connectivity index (χ4n) is 0.554. The smallest absolute Gasteiger partial charge is 0.320 e. The first kappa shape index (κ1) is 9.03. The van der Waals surface area contributed by atoms with Crippen LogP contribution in [0.4, 0.5) is 0 Å². The Morgan fingerprint density at radius 2 is 2.40 bits per heavy atom. The van der Waals surface area contributed by atoms with Crippen LogP contribution < -0.4 is 5.32 Å². The van der Waals surface area contributed by atoms with Crippen molar-refractivity contribution in [2.45, 2.75) is 19.4 Å². The number of nitrogens with zero attached hydrogens (tertiary/aromatic N) is 1. The summed E-state index contributed by atoms with van der Waals surface area (Å²) in [6.07, 6.45) is 0.449. The van der Waals surface area contributed by atoms with Gasteiger partial charge in [0, 0.05) is 0 Å². The lowest BCUT2D eigenvalue weighted by atomic mass is 10.2. The average Bonchev–Trinajstić information content (AvgIpc) is 1.89. The number of carbonyl (C=O) groups is 1. The molecule has 0 spiro atoms. The van der Waals surface area contributed by atoms with Crippen LogP contribution in [0, 0.1) is 4.91 Å². The lowest BCUT2D eigenvalue weighted by molar-refractivity contribution is -0.139. The van der Waals surface area contributed by atoms with Gasteiger partial charge in [0.15, 0.2) is 0 Å². The molecule has 5 nitrogen and oxygen atoms in total. The molecule has 0 saturated carbocycles. The first-order valence-electron chi connectivity index (χ1n) is 2.97. The van der Waals surface area contributed by atoms with Gasteiger partial charge in [0.1, 0.15) is 12.7 Å². The van der Waals surface area contributed by atoms with Gasteiger partial charge in [-0.05, 0) is 6.42 Å². The van der Waals surface area contributed by atoms with Gasteiger partial charge in [0.25, 0.3) is 0 Å². The Bertz CT molecular complexity index is 126. The molecule has 1 unspecified atom stereocenters. The van der Waals surface area contributed by atoms with Gasteiger partial charge in [0.2, 0.25) is 0 Å². The molecular formula is C5H10N2O3. The van der Waals surface area contributed by atoms with E-state index in [0.29, 0.717) is 6.42 Å². The van der Waals surface area contributed by atoms with Gasteiger partial charge in [0.05, 0.1) is 0 Å². The van der Waals surface area contributed by atoms with Crippen LogP contribution in [0.15, 0.2) is 5.18 Å². The van der Waals surface area contributed by atoms with E-state index in [-0.39, 0.29) is 6.67 Å². The summed E-state index contributed by atoms with van der Waals surface area (Å²) in [5, 5.41) is 13.3. The zero-order valence-corrected chi connectivity index (χ0v) is 5.70. The summed E-state index contributed by atoms with van der Waals surface area (Å²) >= 11 is 0. The maximum atomic E-state index is 10.2. The SMILES string of the molecule is CCC(NCN=O)C(=O)O. The number of nitrogens with one attached hydrogen (secondary N) is 1. The van der Waals surface area contributed by atoms with Crippen molar-refractivity contribution in [3.63, 3.8) is 0 Å². The number of aliphatic carboxylic acids is 1. The first-order valence-corrected chi connectivity index (χ1v) is 2.97. The van der Waals surface area contributed by atoms with Gasteiger partial charge in [-0.2, -0.15) is 0 Å². The van der Waals surface area contributed by atoms with E-state index in [2.05, 4.69) is 10.5 Å². The van der Waals surface area contributed by atoms with Crippen molar-refractivity contribution < 1.29 is 9.90 Å². The van der Waals surface area contributed by atoms with E-state index in [9.17, 15) is 9.70 Å². The minimum absolute atomic E-state index is 0.148. The molecule has 0 aromatic heterocycles. The number of carboxylic acid groups (broad SMARTS) is 1. The van der Waals surface area contributed by atoms with E-state index in [0.717, 1.165) is 0 Å². The molecule has 5 heteroatoms. The van der Waals surface area contributed by atoms with Crippen molar-refractivity contribution in [3.05, 3.63) is 4.91 Å². The molecule has 0 heterocycles. The molecular weight excluding hydrogens is 136 g/mol. The molecule has 2 N–H and O–H groups in total. The Morgan fingerprint density at radius 3 is 2.70 bits per heavy atom. The van der Waals surface area contributed by atoms with Crippen LogP contribution in [-0.2, 0) is 4.79 Å². The van der Waals surface area contributed by atoms with Gasteiger partial charge < -0.3 is 5.11 Å². The van der Waals surface area contributed by atoms with Crippen molar-refractivity contribution in [1.82, 2.24) is 5.32 Å². The predicted octanol–water partition coefficient (Wildman–Crippen LogP) is 0.163. The summed E-state index contributed by atoms with van der Waals surface area (Å²) < 4.78 is 0. The molecule has 0 fully saturated rings. The number of nitroso groups, excluding NO2 is 1. The monoisotopic (exact) mass is 146 g/mol. The first-order chi connectivity index (χ1) is 4.72. The van der Waals surface area contributed by atoms with Crippen molar-refractivity contribution >= 4 is 5.97 Å². The number of carboxylic acids is 1. The van der Waals surface area contributed by atoms with Crippen LogP contribution >= 0.6 is 0 Å². The Morgan fingerprint density at radius 1 is 1.80 bits per heavy atom. The Hall–Kier alpha value is -0.970. The highest BCUT2D eigenvalue weighted by Crippen LogP contribution is 1.89. The highest BCUT2D eigenvalue weighted by atomic mass is 16.4. The Kier molecular flexibility index (Phi) is 4.39. The van der Waals surface area contributed by atoms with Crippen LogP contribution in [0.5, 0.6) is 0 Å². The van der Waals surface area contributed by atoms with Crippen LogP contribution in [0.3, 0.4) is 0 Å². The maximum absolute atomic E-state index is 10.2. The normalized spacial score (nSPS) is 12.5. The number of hydrogen-bond donors (Lipinski definition) is 2. The van der Waals surface area contributed by atoms with Crippen LogP contribution in [-0.4, -0.2) is 23.8 Å². The molecule has 0 bridgehead atoms. The van der Waals surface area contributed by atoms with Crippen molar-refractivity contribution in [1.29, 1.82) is 0 Å². The fraction of sp³-hybridized carbons (Fsp3) is 0.800. The molecule has 10 heavy (non-hydrogen) atoms. The van der Waals surface area contributed by atoms with Gasteiger partial charge in [-0.15, -0.1) is 4.91 Å². The summed E-state index contributed by atoms with van der Waals surface area (Å²) in [5.74, 6) is -0.953. The minimum Gasteiger partial charge on any atom is -0.480 e. The quantitative estimate of drug-likeness (QED) is 0.541.